The van der Waals surface area contributed by atoms with E-state index in [4.69, 9.17) is 13.0 Å². The van der Waals surface area contributed by atoms with E-state index in [1.165, 1.54) is 12.1 Å². The Morgan fingerprint density at radius 3 is 1.44 bits per heavy atom. The Hall–Kier alpha value is -0.0831. The van der Waals surface area contributed by atoms with E-state index in [0.29, 0.717) is 0 Å². The van der Waals surface area contributed by atoms with Crippen LogP contribution in [0.4, 0.5) is 13.2 Å². The van der Waals surface area contributed by atoms with Crippen LogP contribution >= 0.6 is 0 Å². The van der Waals surface area contributed by atoms with E-state index in [2.05, 4.69) is 27.7 Å². The van der Waals surface area contributed by atoms with Crippen LogP contribution in [-0.2, 0) is 10.1 Å². The number of alkyl halides is 3. The molecule has 0 bridgehead atoms. The highest BCUT2D eigenvalue weighted by molar-refractivity contribution is 7.86. The first kappa shape index (κ1) is 18.3. The molecule has 3 nitrogen and oxygen atoms in total. The lowest BCUT2D eigenvalue weighted by Crippen LogP contribution is -2.21. The Bertz CT molecular complexity index is 271. The Labute approximate surface area is 96.4 Å². The minimum atomic E-state index is -5.84. The summed E-state index contributed by atoms with van der Waals surface area (Å²) in [6.07, 6.45) is 0. The van der Waals surface area contributed by atoms with Gasteiger partial charge >= 0.3 is 15.6 Å². The minimum absolute atomic E-state index is 0.265. The average Bonchev–Trinajstić information content (AvgIpc) is 2.02. The van der Waals surface area contributed by atoms with Crippen LogP contribution in [0.3, 0.4) is 0 Å². The lowest BCUT2D eigenvalue weighted by Gasteiger charge is -2.13. The molecule has 0 aromatic heterocycles. The van der Waals surface area contributed by atoms with E-state index in [0.717, 1.165) is 5.54 Å². The summed E-state index contributed by atoms with van der Waals surface area (Å²) in [6, 6.07) is 2.96. The molecule has 0 amide bonds. The Morgan fingerprint density at radius 1 is 1.19 bits per heavy atom. The fourth-order valence-electron chi connectivity index (χ4n) is 1.23. The molecule has 0 aliphatic heterocycles. The van der Waals surface area contributed by atoms with Crippen molar-refractivity contribution in [3.63, 3.8) is 0 Å². The molecule has 100 valence electrons. The Kier molecular flexibility index (Phi) is 8.32. The third kappa shape index (κ3) is 8.11. The van der Waals surface area contributed by atoms with Crippen LogP contribution < -0.4 is 0 Å². The zero-order valence-corrected chi connectivity index (χ0v) is 11.8. The fourth-order valence-corrected chi connectivity index (χ4v) is 3.69. The molecule has 0 heterocycles. The van der Waals surface area contributed by atoms with Crippen molar-refractivity contribution >= 4 is 18.9 Å². The van der Waals surface area contributed by atoms with Crippen molar-refractivity contribution in [2.24, 2.45) is 0 Å². The number of rotatable bonds is 3. The predicted molar refractivity (Wildman–Crippen MR) is 60.8 cm³/mol. The van der Waals surface area contributed by atoms with Gasteiger partial charge in [-0.3, -0.25) is 4.55 Å². The van der Waals surface area contributed by atoms with E-state index in [1.807, 2.05) is 0 Å². The molecule has 0 aromatic rings. The van der Waals surface area contributed by atoms with Crippen molar-refractivity contribution in [2.45, 2.75) is 50.8 Å². The van der Waals surface area contributed by atoms with Gasteiger partial charge in [0.25, 0.3) is 0 Å². The molecule has 0 atom stereocenters. The van der Waals surface area contributed by atoms with Gasteiger partial charge in [-0.05, 0) is 0 Å². The van der Waals surface area contributed by atoms with E-state index in [-0.39, 0.29) is 8.80 Å². The van der Waals surface area contributed by atoms with Gasteiger partial charge in [0.2, 0.25) is 0 Å². The minimum Gasteiger partial charge on any atom is -0.279 e. The topological polar surface area (TPSA) is 54.4 Å². The summed E-state index contributed by atoms with van der Waals surface area (Å²) in [6.45, 7) is 9.40. The number of halogens is 3. The first-order valence-electron chi connectivity index (χ1n) is 5.01. The molecule has 0 aliphatic carbocycles. The van der Waals surface area contributed by atoms with E-state index in [9.17, 15) is 13.2 Å². The smallest absolute Gasteiger partial charge is 0.279 e. The monoisotopic (exact) mass is 280 g/mol. The zero-order chi connectivity index (χ0) is 13.6. The molecule has 0 rings (SSSR count). The van der Waals surface area contributed by atoms with Crippen molar-refractivity contribution in [3.8, 4) is 0 Å². The lowest BCUT2D eigenvalue weighted by atomic mass is 10.6. The van der Waals surface area contributed by atoms with E-state index < -0.39 is 15.6 Å². The van der Waals surface area contributed by atoms with Crippen molar-refractivity contribution in [1.29, 1.82) is 0 Å². The van der Waals surface area contributed by atoms with Crippen molar-refractivity contribution < 1.29 is 26.1 Å². The maximum Gasteiger partial charge on any atom is 0.522 e. The molecular formula is C8H19F3O3SSi. The summed E-state index contributed by atoms with van der Waals surface area (Å²) in [4.78, 5) is 0. The second-order valence-corrected chi connectivity index (χ2v) is 9.64. The summed E-state index contributed by atoms with van der Waals surface area (Å²) in [5.74, 6) is 0. The third-order valence-electron chi connectivity index (χ3n) is 2.28. The summed E-state index contributed by atoms with van der Waals surface area (Å²) >= 11 is 0. The molecule has 0 saturated carbocycles. The molecule has 16 heavy (non-hydrogen) atoms. The maximum atomic E-state index is 10.7. The van der Waals surface area contributed by atoms with E-state index >= 15 is 0 Å². The van der Waals surface area contributed by atoms with Gasteiger partial charge in [-0.15, -0.1) is 0 Å². The molecule has 0 fully saturated rings. The zero-order valence-electron chi connectivity index (χ0n) is 9.87. The third-order valence-corrected chi connectivity index (χ3v) is 6.85. The Balaban J connectivity index is 0. The van der Waals surface area contributed by atoms with Crippen LogP contribution in [0.5, 0.6) is 0 Å². The molecule has 8 heteroatoms. The normalized spacial score (nSPS) is 12.6. The SMILES string of the molecule is CC[SiH](CC)C(C)C.O=S(=O)(O)C(F)(F)F. The van der Waals surface area contributed by atoms with Gasteiger partial charge < -0.3 is 0 Å². The van der Waals surface area contributed by atoms with Gasteiger partial charge in [0.15, 0.2) is 0 Å². The van der Waals surface area contributed by atoms with Crippen LogP contribution in [0.2, 0.25) is 17.6 Å². The van der Waals surface area contributed by atoms with Gasteiger partial charge in [-0.25, -0.2) is 0 Å². The van der Waals surface area contributed by atoms with Crippen LogP contribution in [0.15, 0.2) is 0 Å². The van der Waals surface area contributed by atoms with Crippen molar-refractivity contribution in [2.75, 3.05) is 0 Å². The molecule has 0 radical (unpaired) electrons. The van der Waals surface area contributed by atoms with E-state index in [1.54, 1.807) is 0 Å². The molecular weight excluding hydrogens is 261 g/mol. The highest BCUT2D eigenvalue weighted by Crippen LogP contribution is 2.20. The molecule has 0 aliphatic rings. The summed E-state index contributed by atoms with van der Waals surface area (Å²) in [5.41, 5.74) is -4.52. The van der Waals surface area contributed by atoms with Crippen LogP contribution in [-0.4, -0.2) is 27.3 Å². The van der Waals surface area contributed by atoms with Crippen LogP contribution in [0.25, 0.3) is 0 Å². The lowest BCUT2D eigenvalue weighted by molar-refractivity contribution is -0.0510. The standard InChI is InChI=1S/C7H18Si.CHF3O3S/c1-5-8(6-2)7(3)4;2-1(3,4)8(5,6)7/h7-8H,5-6H2,1-4H3;(H,5,6,7). The van der Waals surface area contributed by atoms with Crippen LogP contribution in [0, 0.1) is 0 Å². The largest absolute Gasteiger partial charge is 0.522 e. The second kappa shape index (κ2) is 7.28. The van der Waals surface area contributed by atoms with Crippen molar-refractivity contribution in [1.82, 2.24) is 0 Å². The molecule has 1 N–H and O–H groups in total. The van der Waals surface area contributed by atoms with Gasteiger partial charge in [0, 0.05) is 8.80 Å². The fraction of sp³-hybridized carbons (Fsp3) is 1.00. The van der Waals surface area contributed by atoms with Gasteiger partial charge in [0.1, 0.15) is 0 Å². The second-order valence-electron chi connectivity index (χ2n) is 3.74. The average molecular weight is 280 g/mol. The summed E-state index contributed by atoms with van der Waals surface area (Å²) < 4.78 is 57.5. The number of hydrogen-bond acceptors (Lipinski definition) is 2. The molecule has 0 unspecified atom stereocenters. The number of hydrogen-bond donors (Lipinski definition) is 1. The maximum absolute atomic E-state index is 10.7. The van der Waals surface area contributed by atoms with Gasteiger partial charge in [0.05, 0.1) is 0 Å². The highest BCUT2D eigenvalue weighted by atomic mass is 32.2. The van der Waals surface area contributed by atoms with Crippen LogP contribution in [0.1, 0.15) is 27.7 Å². The Morgan fingerprint density at radius 2 is 1.44 bits per heavy atom. The molecule has 0 saturated heterocycles. The van der Waals surface area contributed by atoms with Gasteiger partial charge in [-0.1, -0.05) is 45.3 Å². The summed E-state index contributed by atoms with van der Waals surface area (Å²) in [7, 11) is -6.11. The highest BCUT2D eigenvalue weighted by Gasteiger charge is 2.44. The predicted octanol–water partition coefficient (Wildman–Crippen LogP) is 3.06. The quantitative estimate of drug-likeness (QED) is 0.491. The van der Waals surface area contributed by atoms with Gasteiger partial charge in [-0.2, -0.15) is 21.6 Å². The molecule has 0 aromatic carbocycles. The summed E-state index contributed by atoms with van der Waals surface area (Å²) in [5, 5.41) is 0. The first-order chi connectivity index (χ1) is 6.97. The molecule has 0 spiro atoms. The van der Waals surface area contributed by atoms with Crippen molar-refractivity contribution in [3.05, 3.63) is 0 Å². The first-order valence-corrected chi connectivity index (χ1v) is 8.75.